The predicted octanol–water partition coefficient (Wildman–Crippen LogP) is 4.73. The number of likely N-dealkylation sites (tertiary alicyclic amines) is 2. The van der Waals surface area contributed by atoms with Crippen LogP contribution in [0.1, 0.15) is 59.3 Å². The summed E-state index contributed by atoms with van der Waals surface area (Å²) in [6.45, 7) is 8.88. The highest BCUT2D eigenvalue weighted by atomic mass is 35.5. The number of hydrogen-bond donors (Lipinski definition) is 2. The molecule has 8 nitrogen and oxygen atoms in total. The highest BCUT2D eigenvalue weighted by Gasteiger charge is 2.72. The summed E-state index contributed by atoms with van der Waals surface area (Å²) in [4.78, 5) is 47.6. The molecule has 10 heteroatoms. The number of anilines is 1. The number of halogens is 1. The summed E-state index contributed by atoms with van der Waals surface area (Å²) in [5, 5.41) is 6.41. The summed E-state index contributed by atoms with van der Waals surface area (Å²) in [7, 11) is 0. The number of rotatable bonds is 8. The number of nitrogens with zero attached hydrogens (tertiary/aromatic N) is 2. The van der Waals surface area contributed by atoms with Gasteiger partial charge in [-0.3, -0.25) is 19.3 Å². The van der Waals surface area contributed by atoms with Crippen LogP contribution in [0.5, 0.6) is 0 Å². The van der Waals surface area contributed by atoms with Crippen LogP contribution in [0.4, 0.5) is 5.69 Å². The van der Waals surface area contributed by atoms with Crippen molar-refractivity contribution in [1.82, 2.24) is 15.1 Å². The maximum atomic E-state index is 14.3. The van der Waals surface area contributed by atoms with Gasteiger partial charge in [0, 0.05) is 35.8 Å². The molecular formula is C33H47ClN4O4S. The zero-order valence-corrected chi connectivity index (χ0v) is 27.4. The van der Waals surface area contributed by atoms with Gasteiger partial charge in [0.05, 0.1) is 17.9 Å². The van der Waals surface area contributed by atoms with Crippen LogP contribution in [0, 0.1) is 23.7 Å². The van der Waals surface area contributed by atoms with Crippen molar-refractivity contribution in [2.75, 3.05) is 31.2 Å². The Morgan fingerprint density at radius 1 is 1.07 bits per heavy atom. The van der Waals surface area contributed by atoms with Crippen LogP contribution in [-0.4, -0.2) is 83.2 Å². The molecule has 6 rings (SSSR count). The molecule has 1 aromatic rings. The second-order valence-corrected chi connectivity index (χ2v) is 14.1. The summed E-state index contributed by atoms with van der Waals surface area (Å²) in [6, 6.07) is 7.44. The van der Waals surface area contributed by atoms with E-state index in [1.807, 2.05) is 42.7 Å². The van der Waals surface area contributed by atoms with E-state index in [0.717, 1.165) is 37.1 Å². The number of benzene rings is 1. The van der Waals surface area contributed by atoms with E-state index in [9.17, 15) is 14.4 Å². The molecule has 5 aliphatic rings. The van der Waals surface area contributed by atoms with Crippen molar-refractivity contribution in [3.63, 3.8) is 0 Å². The highest BCUT2D eigenvalue weighted by molar-refractivity contribution is 7.98. The number of carbonyl (C=O) groups is 3. The molecule has 1 aliphatic carbocycles. The zero-order valence-electron chi connectivity index (χ0n) is 25.8. The minimum atomic E-state index is -1.13. The average Bonchev–Trinajstić information content (AvgIpc) is 3.62. The van der Waals surface area contributed by atoms with Crippen LogP contribution in [0.15, 0.2) is 41.3 Å². The maximum Gasteiger partial charge on any atom is 0.246 e. The Bertz CT molecular complexity index is 1250. The van der Waals surface area contributed by atoms with E-state index in [0.29, 0.717) is 36.7 Å². The van der Waals surface area contributed by atoms with Crippen molar-refractivity contribution < 1.29 is 19.1 Å². The van der Waals surface area contributed by atoms with Gasteiger partial charge in [0.1, 0.15) is 11.6 Å². The molecule has 7 unspecified atom stereocenters. The normalized spacial score (nSPS) is 36.7. The molecule has 236 valence electrons. The van der Waals surface area contributed by atoms with Crippen molar-refractivity contribution >= 4 is 47.6 Å². The summed E-state index contributed by atoms with van der Waals surface area (Å²) in [5.41, 5.74) is -0.435. The Morgan fingerprint density at radius 3 is 2.65 bits per heavy atom. The van der Waals surface area contributed by atoms with E-state index in [1.165, 1.54) is 12.8 Å². The Balaban J connectivity index is 0.00000368. The molecule has 0 aromatic heterocycles. The summed E-state index contributed by atoms with van der Waals surface area (Å²) < 4.78 is 6.57. The van der Waals surface area contributed by atoms with Crippen molar-refractivity contribution in [2.24, 2.45) is 23.7 Å². The molecule has 2 N–H and O–H groups in total. The Kier molecular flexibility index (Phi) is 9.86. The molecule has 0 radical (unpaired) electrons. The van der Waals surface area contributed by atoms with Gasteiger partial charge in [-0.15, -0.1) is 24.2 Å². The van der Waals surface area contributed by atoms with Gasteiger partial charge in [-0.05, 0) is 69.0 Å². The number of piperidine rings is 1. The highest BCUT2D eigenvalue weighted by Crippen LogP contribution is 2.55. The largest absolute Gasteiger partial charge is 0.359 e. The molecule has 1 saturated carbocycles. The third-order valence-electron chi connectivity index (χ3n) is 10.9. The number of carbonyl (C=O) groups excluding carboxylic acids is 3. The molecule has 2 bridgehead atoms. The van der Waals surface area contributed by atoms with Gasteiger partial charge in [0.2, 0.25) is 17.7 Å². The SMILES string of the molecule is CSc1cccc(NC(=O)C2[C@@H]3C=CC4(O3)C(C(=O)NC3CCCC(C)C3C)N(CCN3CCCCC3C)C(=O)[C@H]24)c1.Cl. The summed E-state index contributed by atoms with van der Waals surface area (Å²) in [5.74, 6) is -1.05. The van der Waals surface area contributed by atoms with Crippen LogP contribution < -0.4 is 10.6 Å². The lowest BCUT2D eigenvalue weighted by molar-refractivity contribution is -0.142. The minimum absolute atomic E-state index is 0. The van der Waals surface area contributed by atoms with E-state index in [-0.39, 0.29) is 36.2 Å². The monoisotopic (exact) mass is 630 g/mol. The van der Waals surface area contributed by atoms with Crippen molar-refractivity contribution in [3.8, 4) is 0 Å². The number of ether oxygens (including phenoxy) is 1. The van der Waals surface area contributed by atoms with Gasteiger partial charge in [-0.1, -0.05) is 51.3 Å². The lowest BCUT2D eigenvalue weighted by Gasteiger charge is -2.39. The summed E-state index contributed by atoms with van der Waals surface area (Å²) >= 11 is 1.61. The van der Waals surface area contributed by atoms with Crippen molar-refractivity contribution in [2.45, 2.75) is 94.0 Å². The topological polar surface area (TPSA) is 91.0 Å². The van der Waals surface area contributed by atoms with E-state index in [1.54, 1.807) is 16.7 Å². The molecule has 4 heterocycles. The average molecular weight is 631 g/mol. The Hall–Kier alpha value is -2.07. The first-order chi connectivity index (χ1) is 20.2. The smallest absolute Gasteiger partial charge is 0.246 e. The first-order valence-corrected chi connectivity index (χ1v) is 17.1. The predicted molar refractivity (Wildman–Crippen MR) is 172 cm³/mol. The molecule has 4 fully saturated rings. The van der Waals surface area contributed by atoms with Crippen LogP contribution in [0.2, 0.25) is 0 Å². The zero-order chi connectivity index (χ0) is 29.6. The quantitative estimate of drug-likeness (QED) is 0.319. The molecular weight excluding hydrogens is 584 g/mol. The van der Waals surface area contributed by atoms with Gasteiger partial charge >= 0.3 is 0 Å². The molecule has 1 aromatic carbocycles. The van der Waals surface area contributed by atoms with E-state index < -0.39 is 29.6 Å². The van der Waals surface area contributed by atoms with Gasteiger partial charge in [0.15, 0.2) is 0 Å². The third kappa shape index (κ3) is 5.87. The second kappa shape index (κ2) is 13.1. The van der Waals surface area contributed by atoms with Gasteiger partial charge in [0.25, 0.3) is 0 Å². The number of nitrogens with one attached hydrogen (secondary N) is 2. The van der Waals surface area contributed by atoms with Gasteiger partial charge < -0.3 is 20.3 Å². The van der Waals surface area contributed by atoms with Crippen LogP contribution in [-0.2, 0) is 19.1 Å². The van der Waals surface area contributed by atoms with Crippen molar-refractivity contribution in [3.05, 3.63) is 36.4 Å². The third-order valence-corrected chi connectivity index (χ3v) is 11.6. The fraction of sp³-hybridized carbons (Fsp3) is 0.667. The van der Waals surface area contributed by atoms with Gasteiger partial charge in [-0.25, -0.2) is 0 Å². The molecule has 4 aliphatic heterocycles. The maximum absolute atomic E-state index is 14.3. The van der Waals surface area contributed by atoms with Crippen LogP contribution >= 0.6 is 24.2 Å². The molecule has 9 atom stereocenters. The fourth-order valence-corrected chi connectivity index (χ4v) is 8.67. The molecule has 43 heavy (non-hydrogen) atoms. The van der Waals surface area contributed by atoms with Crippen molar-refractivity contribution in [1.29, 1.82) is 0 Å². The first-order valence-electron chi connectivity index (χ1n) is 15.9. The van der Waals surface area contributed by atoms with Gasteiger partial charge in [-0.2, -0.15) is 0 Å². The minimum Gasteiger partial charge on any atom is -0.359 e. The number of hydrogen-bond acceptors (Lipinski definition) is 6. The first kappa shape index (κ1) is 32.3. The Morgan fingerprint density at radius 2 is 1.88 bits per heavy atom. The second-order valence-electron chi connectivity index (χ2n) is 13.2. The van der Waals surface area contributed by atoms with E-state index in [2.05, 4.69) is 36.3 Å². The van der Waals surface area contributed by atoms with Crippen LogP contribution in [0.25, 0.3) is 0 Å². The number of fused-ring (bicyclic) bond motifs is 1. The fourth-order valence-electron chi connectivity index (χ4n) is 8.21. The summed E-state index contributed by atoms with van der Waals surface area (Å²) in [6.07, 6.45) is 12.0. The van der Waals surface area contributed by atoms with Crippen LogP contribution in [0.3, 0.4) is 0 Å². The standard InChI is InChI=1S/C33H46N4O4S.ClH/c1-20-9-7-13-25(22(20)3)35-31(39)29-33-15-14-26(41-33)27(30(38)34-23-11-8-12-24(19-23)42-4)28(33)32(40)37(29)18-17-36-16-6-5-10-21(36)2;/h8,11-12,14-15,19-22,25-29H,5-7,9-10,13,16-18H2,1-4H3,(H,34,38)(H,35,39);1H/t20?,21?,22?,25?,26-,27?,28-,29?,33?;/m0./s1. The number of amides is 3. The molecule has 3 amide bonds. The molecule has 1 spiro atoms. The van der Waals surface area contributed by atoms with E-state index >= 15 is 0 Å². The Labute approximate surface area is 266 Å². The molecule has 3 saturated heterocycles. The van der Waals surface area contributed by atoms with E-state index in [4.69, 9.17) is 4.74 Å². The lowest BCUT2D eigenvalue weighted by atomic mass is 9.73. The lowest BCUT2D eigenvalue weighted by Crippen LogP contribution is -2.58. The number of thioether (sulfide) groups is 1.